The zero-order valence-corrected chi connectivity index (χ0v) is 13.1. The van der Waals surface area contributed by atoms with E-state index in [0.717, 1.165) is 5.56 Å². The highest BCUT2D eigenvalue weighted by molar-refractivity contribution is 5.96. The quantitative estimate of drug-likeness (QED) is 0.810. The Morgan fingerprint density at radius 1 is 1.45 bits per heavy atom. The zero-order valence-electron chi connectivity index (χ0n) is 13.1. The summed E-state index contributed by atoms with van der Waals surface area (Å²) < 4.78 is 5.59. The summed E-state index contributed by atoms with van der Waals surface area (Å²) in [6.07, 6.45) is 6.27. The highest BCUT2D eigenvalue weighted by Crippen LogP contribution is 2.26. The number of hydrogen-bond acceptors (Lipinski definition) is 5. The number of aromatic amines is 1. The molecule has 0 aliphatic heterocycles. The molecule has 2 rings (SSSR count). The van der Waals surface area contributed by atoms with E-state index >= 15 is 0 Å². The minimum Gasteiger partial charge on any atom is -0.474 e. The first-order valence-electron chi connectivity index (χ1n) is 6.84. The van der Waals surface area contributed by atoms with Crippen molar-refractivity contribution in [2.24, 2.45) is 0 Å². The van der Waals surface area contributed by atoms with Crippen molar-refractivity contribution < 1.29 is 14.6 Å². The molecule has 118 valence electrons. The van der Waals surface area contributed by atoms with Crippen LogP contribution in [0.3, 0.4) is 0 Å². The minimum absolute atomic E-state index is 0.101. The number of aliphatic hydroxyl groups is 1. The Labute approximate surface area is 128 Å². The lowest BCUT2D eigenvalue weighted by atomic mass is 10.2. The molecule has 2 N–H and O–H groups in total. The van der Waals surface area contributed by atoms with Crippen molar-refractivity contribution >= 4 is 23.0 Å². The molecule has 22 heavy (non-hydrogen) atoms. The van der Waals surface area contributed by atoms with Gasteiger partial charge < -0.3 is 19.7 Å². The van der Waals surface area contributed by atoms with Crippen LogP contribution in [0.5, 0.6) is 5.88 Å². The topological polar surface area (TPSA) is 91.3 Å². The van der Waals surface area contributed by atoms with E-state index in [2.05, 4.69) is 15.0 Å². The lowest BCUT2D eigenvalue weighted by molar-refractivity contribution is -0.123. The molecule has 0 radical (unpaired) electrons. The van der Waals surface area contributed by atoms with Crippen molar-refractivity contribution in [3.8, 4) is 5.88 Å². The van der Waals surface area contributed by atoms with Crippen molar-refractivity contribution in [2.45, 2.75) is 19.4 Å². The Kier molecular flexibility index (Phi) is 4.46. The lowest BCUT2D eigenvalue weighted by Crippen LogP contribution is -2.28. The monoisotopic (exact) mass is 304 g/mol. The number of amides is 1. The summed E-state index contributed by atoms with van der Waals surface area (Å²) in [6.45, 7) is 3.40. The summed E-state index contributed by atoms with van der Waals surface area (Å²) in [5, 5.41) is 10.4. The van der Waals surface area contributed by atoms with Crippen molar-refractivity contribution in [1.29, 1.82) is 0 Å². The Hall–Kier alpha value is -2.41. The fourth-order valence-electron chi connectivity index (χ4n) is 1.75. The molecule has 2 aromatic heterocycles. The summed E-state index contributed by atoms with van der Waals surface area (Å²) in [5.41, 5.74) is 0.388. The van der Waals surface area contributed by atoms with Gasteiger partial charge in [-0.15, -0.1) is 0 Å². The first-order chi connectivity index (χ1) is 10.3. The maximum atomic E-state index is 11.6. The maximum Gasteiger partial charge on any atom is 0.246 e. The molecular weight excluding hydrogens is 284 g/mol. The Bertz CT molecular complexity index is 698. The summed E-state index contributed by atoms with van der Waals surface area (Å²) in [5.74, 6) is 0.246. The first kappa shape index (κ1) is 16.0. The number of nitrogens with one attached hydrogen (secondary N) is 1. The number of fused-ring (bicyclic) bond motifs is 1. The number of aromatic nitrogens is 3. The number of carbonyl (C=O) groups excluding carboxylic acids is 1. The number of nitrogens with zero attached hydrogens (tertiary/aromatic N) is 3. The van der Waals surface area contributed by atoms with Crippen LogP contribution in [-0.2, 0) is 4.79 Å². The molecule has 1 amide bonds. The normalized spacial score (nSPS) is 12.0. The van der Waals surface area contributed by atoms with Crippen LogP contribution in [-0.4, -0.2) is 57.2 Å². The van der Waals surface area contributed by atoms with Crippen LogP contribution in [0.2, 0.25) is 0 Å². The van der Waals surface area contributed by atoms with Gasteiger partial charge in [-0.05, 0) is 19.9 Å². The Morgan fingerprint density at radius 2 is 2.18 bits per heavy atom. The molecular formula is C15H20N4O3. The molecule has 0 spiro atoms. The van der Waals surface area contributed by atoms with Gasteiger partial charge in [0.05, 0.1) is 11.0 Å². The van der Waals surface area contributed by atoms with Gasteiger partial charge in [-0.3, -0.25) is 4.79 Å². The molecule has 7 nitrogen and oxygen atoms in total. The van der Waals surface area contributed by atoms with E-state index in [1.807, 2.05) is 0 Å². The molecule has 0 aliphatic rings. The van der Waals surface area contributed by atoms with Crippen LogP contribution in [0.4, 0.5) is 0 Å². The summed E-state index contributed by atoms with van der Waals surface area (Å²) >= 11 is 0. The Morgan fingerprint density at radius 3 is 2.82 bits per heavy atom. The predicted octanol–water partition coefficient (Wildman–Crippen LogP) is 1.21. The highest BCUT2D eigenvalue weighted by Gasteiger charge is 2.17. The number of ether oxygens (including phenoxy) is 1. The molecule has 0 saturated heterocycles. The van der Waals surface area contributed by atoms with Crippen molar-refractivity contribution in [3.05, 3.63) is 24.2 Å². The summed E-state index contributed by atoms with van der Waals surface area (Å²) in [4.78, 5) is 24.4. The molecule has 0 atom stereocenters. The van der Waals surface area contributed by atoms with Crippen LogP contribution >= 0.6 is 0 Å². The molecule has 0 aliphatic carbocycles. The number of hydrogen-bond donors (Lipinski definition) is 2. The van der Waals surface area contributed by atoms with Gasteiger partial charge >= 0.3 is 0 Å². The molecule has 0 bridgehead atoms. The third-order valence-corrected chi connectivity index (χ3v) is 2.87. The first-order valence-corrected chi connectivity index (χ1v) is 6.84. The smallest absolute Gasteiger partial charge is 0.246 e. The zero-order chi connectivity index (χ0) is 16.3. The number of carbonyl (C=O) groups is 1. The van der Waals surface area contributed by atoms with Gasteiger partial charge in [-0.1, -0.05) is 0 Å². The fourth-order valence-corrected chi connectivity index (χ4v) is 1.75. The van der Waals surface area contributed by atoms with Crippen molar-refractivity contribution in [3.63, 3.8) is 0 Å². The van der Waals surface area contributed by atoms with E-state index in [4.69, 9.17) is 4.74 Å². The lowest BCUT2D eigenvalue weighted by Gasteiger charge is -2.17. The average Bonchev–Trinajstić information content (AvgIpc) is 2.85. The van der Waals surface area contributed by atoms with Crippen LogP contribution < -0.4 is 4.74 Å². The predicted molar refractivity (Wildman–Crippen MR) is 83.4 cm³/mol. The summed E-state index contributed by atoms with van der Waals surface area (Å²) in [7, 11) is 3.37. The van der Waals surface area contributed by atoms with Gasteiger partial charge in [0.1, 0.15) is 18.6 Å². The van der Waals surface area contributed by atoms with Gasteiger partial charge in [0.15, 0.2) is 0 Å². The van der Waals surface area contributed by atoms with E-state index in [-0.39, 0.29) is 12.5 Å². The molecule has 0 aromatic carbocycles. The molecule has 0 unspecified atom stereocenters. The highest BCUT2D eigenvalue weighted by atomic mass is 16.5. The van der Waals surface area contributed by atoms with Gasteiger partial charge in [0.25, 0.3) is 0 Å². The molecule has 2 aromatic rings. The van der Waals surface area contributed by atoms with Crippen LogP contribution in [0.25, 0.3) is 17.1 Å². The third-order valence-electron chi connectivity index (χ3n) is 2.87. The molecule has 0 saturated carbocycles. The molecule has 7 heteroatoms. The van der Waals surface area contributed by atoms with Gasteiger partial charge in [0.2, 0.25) is 11.8 Å². The van der Waals surface area contributed by atoms with Gasteiger partial charge in [-0.25, -0.2) is 9.97 Å². The fraction of sp³-hybridized carbons (Fsp3) is 0.400. The van der Waals surface area contributed by atoms with E-state index in [0.29, 0.717) is 16.9 Å². The standard InChI is InChI=1S/C15H20N4O3/c1-15(2,21)8-22-14-12-10(5-6-11(20)19(3)4)7-16-13(12)17-9-18-14/h5-7,9,21H,8H2,1-4H3,(H,16,17,18)/b6-5+. The SMILES string of the molecule is CN(C)C(=O)/C=C/c1c[nH]c2ncnc(OCC(C)(C)O)c12. The largest absolute Gasteiger partial charge is 0.474 e. The average molecular weight is 304 g/mol. The van der Waals surface area contributed by atoms with E-state index in [9.17, 15) is 9.90 Å². The Balaban J connectivity index is 2.34. The number of likely N-dealkylation sites (N-methyl/N-ethyl adjacent to an activating group) is 1. The minimum atomic E-state index is -0.968. The van der Waals surface area contributed by atoms with Crippen molar-refractivity contribution in [2.75, 3.05) is 20.7 Å². The molecule has 2 heterocycles. The van der Waals surface area contributed by atoms with E-state index in [1.165, 1.54) is 17.3 Å². The maximum absolute atomic E-state index is 11.6. The van der Waals surface area contributed by atoms with Crippen LogP contribution in [0, 0.1) is 0 Å². The second kappa shape index (κ2) is 6.15. The van der Waals surface area contributed by atoms with E-state index < -0.39 is 5.60 Å². The van der Waals surface area contributed by atoms with Crippen LogP contribution in [0.15, 0.2) is 18.6 Å². The van der Waals surface area contributed by atoms with Gasteiger partial charge in [-0.2, -0.15) is 0 Å². The van der Waals surface area contributed by atoms with Crippen LogP contribution in [0.1, 0.15) is 19.4 Å². The number of rotatable bonds is 5. The van der Waals surface area contributed by atoms with Crippen molar-refractivity contribution in [1.82, 2.24) is 19.9 Å². The van der Waals surface area contributed by atoms with E-state index in [1.54, 1.807) is 40.2 Å². The summed E-state index contributed by atoms with van der Waals surface area (Å²) in [6, 6.07) is 0. The number of H-pyrrole nitrogens is 1. The molecule has 0 fully saturated rings. The third kappa shape index (κ3) is 3.82. The van der Waals surface area contributed by atoms with Gasteiger partial charge in [0, 0.05) is 31.9 Å². The second-order valence-corrected chi connectivity index (χ2v) is 5.81. The second-order valence-electron chi connectivity index (χ2n) is 5.81.